The van der Waals surface area contributed by atoms with Crippen LogP contribution in [0, 0.1) is 0 Å². The minimum atomic E-state index is -0.594. The Hall–Kier alpha value is -2.28. The molecule has 2 aliphatic rings. The molecule has 144 valence electrons. The van der Waals surface area contributed by atoms with E-state index in [2.05, 4.69) is 0 Å². The highest BCUT2D eigenvalue weighted by Crippen LogP contribution is 2.41. The number of fused-ring (bicyclic) bond motifs is 1. The van der Waals surface area contributed by atoms with E-state index < -0.39 is 18.1 Å². The highest BCUT2D eigenvalue weighted by atomic mass is 35.5. The normalized spacial score (nSPS) is 21.4. The van der Waals surface area contributed by atoms with Crippen molar-refractivity contribution in [2.24, 2.45) is 5.73 Å². The number of hydrogen-bond donors (Lipinski definition) is 1. The number of benzene rings is 2. The van der Waals surface area contributed by atoms with Crippen molar-refractivity contribution < 1.29 is 14.3 Å². The van der Waals surface area contributed by atoms with Crippen LogP contribution in [0.2, 0.25) is 0 Å². The van der Waals surface area contributed by atoms with Crippen LogP contribution in [0.15, 0.2) is 71.9 Å². The maximum atomic E-state index is 13.2. The number of rotatable bonds is 5. The number of ether oxygens (including phenoxy) is 1. The number of amides is 1. The molecule has 0 radical (unpaired) electrons. The summed E-state index contributed by atoms with van der Waals surface area (Å²) >= 11 is 7.58. The van der Waals surface area contributed by atoms with Gasteiger partial charge in [0.05, 0.1) is 0 Å². The molecule has 0 aliphatic carbocycles. The van der Waals surface area contributed by atoms with Crippen molar-refractivity contribution in [2.75, 3.05) is 11.6 Å². The molecule has 4 rings (SSSR count). The Bertz CT molecular complexity index is 880. The number of nitrogens with zero attached hydrogens (tertiary/aromatic N) is 1. The third-order valence-corrected chi connectivity index (χ3v) is 6.56. The number of carbonyl (C=O) groups is 2. The fraction of sp³-hybridized carbons (Fsp3) is 0.238. The molecule has 0 aromatic heterocycles. The fourth-order valence-electron chi connectivity index (χ4n) is 3.42. The van der Waals surface area contributed by atoms with Gasteiger partial charge in [0.15, 0.2) is 6.10 Å². The van der Waals surface area contributed by atoms with E-state index in [-0.39, 0.29) is 22.9 Å². The molecule has 2 aliphatic heterocycles. The lowest BCUT2D eigenvalue weighted by Crippen LogP contribution is -2.68. The van der Waals surface area contributed by atoms with Crippen LogP contribution in [0.1, 0.15) is 17.2 Å². The zero-order chi connectivity index (χ0) is 19.7. The number of alkyl halides is 1. The van der Waals surface area contributed by atoms with Gasteiger partial charge in [0.2, 0.25) is 5.91 Å². The Labute approximate surface area is 172 Å². The average Bonchev–Trinajstić information content (AvgIpc) is 2.76. The van der Waals surface area contributed by atoms with Gasteiger partial charge in [-0.05, 0) is 16.7 Å². The molecule has 0 spiro atoms. The van der Waals surface area contributed by atoms with Crippen molar-refractivity contribution in [1.82, 2.24) is 4.90 Å². The van der Waals surface area contributed by atoms with Crippen LogP contribution in [0.5, 0.6) is 0 Å². The van der Waals surface area contributed by atoms with Crippen LogP contribution in [0.4, 0.5) is 0 Å². The Balaban J connectivity index is 1.68. The van der Waals surface area contributed by atoms with Crippen molar-refractivity contribution in [3.63, 3.8) is 0 Å². The van der Waals surface area contributed by atoms with Crippen LogP contribution >= 0.6 is 23.4 Å². The van der Waals surface area contributed by atoms with E-state index in [1.807, 2.05) is 60.7 Å². The highest BCUT2D eigenvalue weighted by Gasteiger charge is 2.52. The zero-order valence-electron chi connectivity index (χ0n) is 15.0. The summed E-state index contributed by atoms with van der Waals surface area (Å²) in [7, 11) is 0. The number of esters is 1. The number of carbonyl (C=O) groups excluding carboxylic acids is 2. The molecule has 0 bridgehead atoms. The first-order chi connectivity index (χ1) is 13.6. The van der Waals surface area contributed by atoms with Gasteiger partial charge < -0.3 is 10.5 Å². The van der Waals surface area contributed by atoms with Crippen molar-refractivity contribution in [3.05, 3.63) is 83.1 Å². The Morgan fingerprint density at radius 1 is 1.14 bits per heavy atom. The van der Waals surface area contributed by atoms with Crippen molar-refractivity contribution in [2.45, 2.75) is 17.5 Å². The second kappa shape index (κ2) is 7.99. The molecule has 28 heavy (non-hydrogen) atoms. The molecule has 1 unspecified atom stereocenters. The van der Waals surface area contributed by atoms with Crippen molar-refractivity contribution in [1.29, 1.82) is 0 Å². The first-order valence-corrected chi connectivity index (χ1v) is 10.5. The standard InChI is InChI=1S/C21H19ClN2O3S/c22-11-15-12-28-20-16(23)19(25)24(20)17(15)21(26)27-18(13-7-3-1-4-8-13)14-9-5-2-6-10-14/h1-10,16,18,20H,11-12,23H2/t16?,20-/m0/s1. The first kappa shape index (κ1) is 19.1. The predicted molar refractivity (Wildman–Crippen MR) is 110 cm³/mol. The van der Waals surface area contributed by atoms with Crippen LogP contribution in [-0.4, -0.2) is 39.8 Å². The summed E-state index contributed by atoms with van der Waals surface area (Å²) in [5, 5.41) is -0.242. The van der Waals surface area contributed by atoms with Crippen molar-refractivity contribution in [3.8, 4) is 0 Å². The van der Waals surface area contributed by atoms with E-state index in [1.165, 1.54) is 16.7 Å². The largest absolute Gasteiger partial charge is 0.448 e. The van der Waals surface area contributed by atoms with Gasteiger partial charge in [0.1, 0.15) is 17.1 Å². The second-order valence-electron chi connectivity index (χ2n) is 6.63. The quantitative estimate of drug-likeness (QED) is 0.462. The Morgan fingerprint density at radius 2 is 1.71 bits per heavy atom. The number of thioether (sulfide) groups is 1. The van der Waals surface area contributed by atoms with Gasteiger partial charge in [0.25, 0.3) is 0 Å². The SMILES string of the molecule is NC1C(=O)N2C(C(=O)OC(c3ccccc3)c3ccccc3)=C(CCl)CS[C@@H]12. The van der Waals surface area contributed by atoms with Gasteiger partial charge in [-0.15, -0.1) is 23.4 Å². The molecule has 2 aromatic carbocycles. The highest BCUT2D eigenvalue weighted by molar-refractivity contribution is 8.00. The lowest BCUT2D eigenvalue weighted by molar-refractivity contribution is -0.153. The summed E-state index contributed by atoms with van der Waals surface area (Å²) in [5.74, 6) is -0.122. The minimum absolute atomic E-state index is 0.157. The van der Waals surface area contributed by atoms with Crippen molar-refractivity contribution >= 4 is 35.2 Å². The summed E-state index contributed by atoms with van der Waals surface area (Å²) in [5.41, 5.74) is 8.52. The molecular formula is C21H19ClN2O3S. The smallest absolute Gasteiger partial charge is 0.356 e. The Kier molecular flexibility index (Phi) is 5.44. The summed E-state index contributed by atoms with van der Waals surface area (Å²) in [6.07, 6.45) is -0.586. The van der Waals surface area contributed by atoms with Crippen LogP contribution in [0.25, 0.3) is 0 Å². The maximum Gasteiger partial charge on any atom is 0.356 e. The van der Waals surface area contributed by atoms with Gasteiger partial charge in [0, 0.05) is 11.6 Å². The summed E-state index contributed by atoms with van der Waals surface area (Å²) < 4.78 is 5.93. The zero-order valence-corrected chi connectivity index (χ0v) is 16.5. The second-order valence-corrected chi connectivity index (χ2v) is 8.00. The molecule has 1 saturated heterocycles. The number of hydrogen-bond acceptors (Lipinski definition) is 5. The topological polar surface area (TPSA) is 72.6 Å². The third kappa shape index (κ3) is 3.32. The van der Waals surface area contributed by atoms with E-state index in [0.717, 1.165) is 11.1 Å². The van der Waals surface area contributed by atoms with E-state index in [9.17, 15) is 9.59 Å². The van der Waals surface area contributed by atoms with Crippen LogP contribution < -0.4 is 5.73 Å². The first-order valence-electron chi connectivity index (χ1n) is 8.91. The fourth-order valence-corrected chi connectivity index (χ4v) is 5.04. The molecular weight excluding hydrogens is 396 g/mol. The molecule has 2 aromatic rings. The van der Waals surface area contributed by atoms with Crippen LogP contribution in [-0.2, 0) is 14.3 Å². The summed E-state index contributed by atoms with van der Waals surface area (Å²) in [6.45, 7) is 0. The molecule has 5 nitrogen and oxygen atoms in total. The lowest BCUT2D eigenvalue weighted by Gasteiger charge is -2.48. The average molecular weight is 415 g/mol. The predicted octanol–water partition coefficient (Wildman–Crippen LogP) is 3.05. The molecule has 7 heteroatoms. The number of β-lactam (4-membered cyclic amide) rings is 1. The molecule has 2 heterocycles. The van der Waals surface area contributed by atoms with Gasteiger partial charge >= 0.3 is 5.97 Å². The lowest BCUT2D eigenvalue weighted by atomic mass is 10.0. The van der Waals surface area contributed by atoms with Gasteiger partial charge in [-0.25, -0.2) is 4.79 Å². The van der Waals surface area contributed by atoms with E-state index in [1.54, 1.807) is 0 Å². The van der Waals surface area contributed by atoms with Gasteiger partial charge in [-0.2, -0.15) is 0 Å². The maximum absolute atomic E-state index is 13.2. The van der Waals surface area contributed by atoms with E-state index in [0.29, 0.717) is 11.3 Å². The molecule has 2 atom stereocenters. The Morgan fingerprint density at radius 3 is 2.25 bits per heavy atom. The van der Waals surface area contributed by atoms with E-state index >= 15 is 0 Å². The number of nitrogens with two attached hydrogens (primary N) is 1. The van der Waals surface area contributed by atoms with Crippen LogP contribution in [0.3, 0.4) is 0 Å². The molecule has 0 saturated carbocycles. The van der Waals surface area contributed by atoms with Gasteiger partial charge in [-0.1, -0.05) is 60.7 Å². The molecule has 2 N–H and O–H groups in total. The monoisotopic (exact) mass is 414 g/mol. The summed E-state index contributed by atoms with van der Waals surface area (Å²) in [4.78, 5) is 26.9. The molecule has 1 amide bonds. The van der Waals surface area contributed by atoms with Gasteiger partial charge in [-0.3, -0.25) is 9.69 Å². The molecule has 1 fully saturated rings. The van der Waals surface area contributed by atoms with E-state index in [4.69, 9.17) is 22.1 Å². The third-order valence-electron chi connectivity index (χ3n) is 4.87. The minimum Gasteiger partial charge on any atom is -0.448 e. The number of halogens is 1. The summed E-state index contributed by atoms with van der Waals surface area (Å²) in [6, 6.07) is 18.4.